The van der Waals surface area contributed by atoms with Crippen molar-refractivity contribution in [3.05, 3.63) is 90.3 Å². The summed E-state index contributed by atoms with van der Waals surface area (Å²) in [5.74, 6) is -0.456. The van der Waals surface area contributed by atoms with Crippen molar-refractivity contribution in [1.82, 2.24) is 15.5 Å². The van der Waals surface area contributed by atoms with Crippen LogP contribution in [-0.4, -0.2) is 24.5 Å². The number of anilines is 1. The minimum Gasteiger partial charge on any atom is -0.347 e. The Bertz CT molecular complexity index is 1270. The first kappa shape index (κ1) is 18.7. The smallest absolute Gasteiger partial charge is 0.271 e. The Balaban J connectivity index is 1.53. The number of benzene rings is 3. The number of carbonyl (C=O) groups is 1. The second-order valence-electron chi connectivity index (χ2n) is 6.44. The zero-order valence-corrected chi connectivity index (χ0v) is 16.1. The SMILES string of the molecule is O=C(NCc1ccccc1)c1[nH]ncc1NS(=O)(=O)c1ccc2ccccc2c1. The molecule has 1 aromatic heterocycles. The van der Waals surface area contributed by atoms with Gasteiger partial charge < -0.3 is 5.32 Å². The number of carbonyl (C=O) groups excluding carboxylic acids is 1. The van der Waals surface area contributed by atoms with Gasteiger partial charge in [-0.1, -0.05) is 60.7 Å². The number of amides is 1. The Labute approximate surface area is 167 Å². The van der Waals surface area contributed by atoms with Crippen molar-refractivity contribution in [3.63, 3.8) is 0 Å². The van der Waals surface area contributed by atoms with E-state index >= 15 is 0 Å². The molecule has 1 heterocycles. The molecule has 29 heavy (non-hydrogen) atoms. The summed E-state index contributed by atoms with van der Waals surface area (Å²) in [6.07, 6.45) is 1.27. The van der Waals surface area contributed by atoms with E-state index in [1.54, 1.807) is 12.1 Å². The number of fused-ring (bicyclic) bond motifs is 1. The third-order valence-electron chi connectivity index (χ3n) is 4.44. The van der Waals surface area contributed by atoms with Crippen LogP contribution in [0, 0.1) is 0 Å². The number of sulfonamides is 1. The van der Waals surface area contributed by atoms with Crippen LogP contribution in [0.15, 0.2) is 83.9 Å². The Morgan fingerprint density at radius 1 is 0.931 bits per heavy atom. The predicted molar refractivity (Wildman–Crippen MR) is 111 cm³/mol. The lowest BCUT2D eigenvalue weighted by molar-refractivity contribution is 0.0947. The Hall–Kier alpha value is -3.65. The molecule has 0 saturated carbocycles. The molecular formula is C21H18N4O3S. The number of nitrogens with one attached hydrogen (secondary N) is 3. The van der Waals surface area contributed by atoms with Gasteiger partial charge >= 0.3 is 0 Å². The fourth-order valence-corrected chi connectivity index (χ4v) is 4.03. The summed E-state index contributed by atoms with van der Waals surface area (Å²) >= 11 is 0. The van der Waals surface area contributed by atoms with E-state index in [2.05, 4.69) is 20.2 Å². The highest BCUT2D eigenvalue weighted by Crippen LogP contribution is 2.22. The first-order chi connectivity index (χ1) is 14.0. The average Bonchev–Trinajstić information content (AvgIpc) is 3.20. The van der Waals surface area contributed by atoms with Gasteiger partial charge in [-0.05, 0) is 28.5 Å². The molecule has 0 radical (unpaired) electrons. The van der Waals surface area contributed by atoms with E-state index in [1.165, 1.54) is 12.3 Å². The van der Waals surface area contributed by atoms with Crippen molar-refractivity contribution < 1.29 is 13.2 Å². The summed E-state index contributed by atoms with van der Waals surface area (Å²) in [6, 6.07) is 21.8. The number of rotatable bonds is 6. The number of nitrogens with zero attached hydrogens (tertiary/aromatic N) is 1. The fraction of sp³-hybridized carbons (Fsp3) is 0.0476. The van der Waals surface area contributed by atoms with Crippen LogP contribution in [-0.2, 0) is 16.6 Å². The molecule has 0 fully saturated rings. The molecule has 0 spiro atoms. The molecule has 3 N–H and O–H groups in total. The van der Waals surface area contributed by atoms with E-state index in [1.807, 2.05) is 54.6 Å². The largest absolute Gasteiger partial charge is 0.347 e. The van der Waals surface area contributed by atoms with Crippen molar-refractivity contribution in [3.8, 4) is 0 Å². The van der Waals surface area contributed by atoms with E-state index in [4.69, 9.17) is 0 Å². The average molecular weight is 406 g/mol. The molecule has 4 aromatic rings. The van der Waals surface area contributed by atoms with E-state index in [9.17, 15) is 13.2 Å². The number of aromatic amines is 1. The van der Waals surface area contributed by atoms with Gasteiger partial charge in [-0.3, -0.25) is 14.6 Å². The van der Waals surface area contributed by atoms with Gasteiger partial charge in [-0.15, -0.1) is 0 Å². The second-order valence-corrected chi connectivity index (χ2v) is 8.12. The normalized spacial score (nSPS) is 11.3. The third-order valence-corrected chi connectivity index (χ3v) is 5.80. The topological polar surface area (TPSA) is 104 Å². The van der Waals surface area contributed by atoms with Crippen molar-refractivity contribution in [1.29, 1.82) is 0 Å². The zero-order chi connectivity index (χ0) is 20.3. The summed E-state index contributed by atoms with van der Waals surface area (Å²) in [7, 11) is -3.89. The quantitative estimate of drug-likeness (QED) is 0.457. The maximum Gasteiger partial charge on any atom is 0.271 e. The van der Waals surface area contributed by atoms with Crippen LogP contribution >= 0.6 is 0 Å². The maximum absolute atomic E-state index is 12.8. The standard InChI is InChI=1S/C21H18N4O3S/c26-21(22-13-15-6-2-1-3-7-15)20-19(14-23-24-20)25-29(27,28)18-11-10-16-8-4-5-9-17(16)12-18/h1-12,14,25H,13H2,(H,22,26)(H,23,24). The monoisotopic (exact) mass is 406 g/mol. The summed E-state index contributed by atoms with van der Waals surface area (Å²) < 4.78 is 28.1. The lowest BCUT2D eigenvalue weighted by Gasteiger charge is -2.10. The van der Waals surface area contributed by atoms with Gasteiger partial charge in [0, 0.05) is 6.54 Å². The number of hydrogen-bond donors (Lipinski definition) is 3. The van der Waals surface area contributed by atoms with Gasteiger partial charge in [0.05, 0.1) is 16.8 Å². The van der Waals surface area contributed by atoms with E-state index in [-0.39, 0.29) is 16.3 Å². The number of H-pyrrole nitrogens is 1. The van der Waals surface area contributed by atoms with Crippen molar-refractivity contribution >= 4 is 32.4 Å². The molecule has 3 aromatic carbocycles. The first-order valence-corrected chi connectivity index (χ1v) is 10.4. The van der Waals surface area contributed by atoms with E-state index < -0.39 is 15.9 Å². The van der Waals surface area contributed by atoms with Crippen LogP contribution in [0.3, 0.4) is 0 Å². The number of aromatic nitrogens is 2. The van der Waals surface area contributed by atoms with E-state index in [0.717, 1.165) is 16.3 Å². The molecule has 1 amide bonds. The summed E-state index contributed by atoms with van der Waals surface area (Å²) in [5, 5.41) is 10.9. The molecule has 0 aliphatic carbocycles. The highest BCUT2D eigenvalue weighted by molar-refractivity contribution is 7.92. The molecular weight excluding hydrogens is 388 g/mol. The van der Waals surface area contributed by atoms with Gasteiger partial charge in [0.15, 0.2) is 0 Å². The van der Waals surface area contributed by atoms with Crippen LogP contribution in [0.1, 0.15) is 16.1 Å². The molecule has 0 saturated heterocycles. The van der Waals surface area contributed by atoms with Crippen molar-refractivity contribution in [2.24, 2.45) is 0 Å². The lowest BCUT2D eigenvalue weighted by atomic mass is 10.1. The molecule has 4 rings (SSSR count). The van der Waals surface area contributed by atoms with E-state index in [0.29, 0.717) is 6.54 Å². The highest BCUT2D eigenvalue weighted by Gasteiger charge is 2.20. The van der Waals surface area contributed by atoms with Crippen molar-refractivity contribution in [2.75, 3.05) is 4.72 Å². The molecule has 0 unspecified atom stereocenters. The molecule has 8 heteroatoms. The molecule has 0 bridgehead atoms. The zero-order valence-electron chi connectivity index (χ0n) is 15.3. The molecule has 0 aliphatic heterocycles. The second kappa shape index (κ2) is 7.76. The van der Waals surface area contributed by atoms with Crippen LogP contribution < -0.4 is 10.0 Å². The summed E-state index contributed by atoms with van der Waals surface area (Å²) in [6.45, 7) is 0.315. The summed E-state index contributed by atoms with van der Waals surface area (Å²) in [5.41, 5.74) is 1.06. The molecule has 7 nitrogen and oxygen atoms in total. The Morgan fingerprint density at radius 2 is 1.66 bits per heavy atom. The Kier molecular flexibility index (Phi) is 5.01. The van der Waals surface area contributed by atoms with Gasteiger partial charge in [-0.2, -0.15) is 5.10 Å². The minimum atomic E-state index is -3.89. The van der Waals surface area contributed by atoms with Gasteiger partial charge in [0.2, 0.25) is 0 Å². The fourth-order valence-electron chi connectivity index (χ4n) is 2.94. The Morgan fingerprint density at radius 3 is 2.45 bits per heavy atom. The number of hydrogen-bond acceptors (Lipinski definition) is 4. The van der Waals surface area contributed by atoms with Crippen LogP contribution in [0.4, 0.5) is 5.69 Å². The van der Waals surface area contributed by atoms with Crippen molar-refractivity contribution in [2.45, 2.75) is 11.4 Å². The maximum atomic E-state index is 12.8. The summed E-state index contributed by atoms with van der Waals surface area (Å²) in [4.78, 5) is 12.6. The van der Waals surface area contributed by atoms with Crippen LogP contribution in [0.25, 0.3) is 10.8 Å². The third kappa shape index (κ3) is 4.12. The highest BCUT2D eigenvalue weighted by atomic mass is 32.2. The van der Waals surface area contributed by atoms with Crippen LogP contribution in [0.5, 0.6) is 0 Å². The minimum absolute atomic E-state index is 0.0466. The predicted octanol–water partition coefficient (Wildman–Crippen LogP) is 3.29. The van der Waals surface area contributed by atoms with Gasteiger partial charge in [0.25, 0.3) is 15.9 Å². The van der Waals surface area contributed by atoms with Gasteiger partial charge in [-0.25, -0.2) is 8.42 Å². The van der Waals surface area contributed by atoms with Crippen LogP contribution in [0.2, 0.25) is 0 Å². The molecule has 0 aliphatic rings. The molecule has 0 atom stereocenters. The lowest BCUT2D eigenvalue weighted by Crippen LogP contribution is -2.25. The molecule has 146 valence electrons. The van der Waals surface area contributed by atoms with Gasteiger partial charge in [0.1, 0.15) is 5.69 Å². The first-order valence-electron chi connectivity index (χ1n) is 8.90.